The molecule has 34 heavy (non-hydrogen) atoms. The second-order valence-corrected chi connectivity index (χ2v) is 7.98. The minimum absolute atomic E-state index is 0.176. The van der Waals surface area contributed by atoms with Gasteiger partial charge in [-0.3, -0.25) is 4.79 Å². The molecule has 4 rings (SSSR count). The number of ether oxygens (including phenoxy) is 2. The van der Waals surface area contributed by atoms with E-state index in [1.54, 1.807) is 43.5 Å². The number of esters is 1. The molecule has 6 nitrogen and oxygen atoms in total. The lowest BCUT2D eigenvalue weighted by atomic mass is 10.0. The zero-order chi connectivity index (χ0) is 24.1. The van der Waals surface area contributed by atoms with Gasteiger partial charge in [-0.05, 0) is 59.3 Å². The van der Waals surface area contributed by atoms with Crippen molar-refractivity contribution in [1.29, 1.82) is 0 Å². The van der Waals surface area contributed by atoms with Gasteiger partial charge in [0.15, 0.2) is 0 Å². The van der Waals surface area contributed by atoms with Crippen LogP contribution >= 0.6 is 23.2 Å². The molecule has 170 valence electrons. The number of hydrazone groups is 1. The van der Waals surface area contributed by atoms with Crippen LogP contribution in [0, 0.1) is 0 Å². The highest BCUT2D eigenvalue weighted by Gasteiger charge is 2.16. The van der Waals surface area contributed by atoms with Crippen molar-refractivity contribution in [3.8, 4) is 11.5 Å². The summed E-state index contributed by atoms with van der Waals surface area (Å²) in [5, 5.41) is 6.38. The second kappa shape index (κ2) is 10.4. The minimum atomic E-state index is -0.645. The van der Waals surface area contributed by atoms with E-state index in [0.29, 0.717) is 21.9 Å². The van der Waals surface area contributed by atoms with Crippen LogP contribution in [0.2, 0.25) is 10.0 Å². The Morgan fingerprint density at radius 3 is 2.44 bits per heavy atom. The Bertz CT molecular complexity index is 1400. The van der Waals surface area contributed by atoms with Crippen LogP contribution in [0.15, 0.2) is 84.0 Å². The van der Waals surface area contributed by atoms with Gasteiger partial charge in [0.2, 0.25) is 0 Å². The highest BCUT2D eigenvalue weighted by atomic mass is 35.5. The summed E-state index contributed by atoms with van der Waals surface area (Å²) in [5.41, 5.74) is 3.60. The number of methoxy groups -OCH3 is 1. The first-order valence-corrected chi connectivity index (χ1v) is 10.9. The lowest BCUT2D eigenvalue weighted by Crippen LogP contribution is -2.17. The molecule has 0 unspecified atom stereocenters. The monoisotopic (exact) mass is 492 g/mol. The number of nitrogens with one attached hydrogen (secondary N) is 1. The van der Waals surface area contributed by atoms with E-state index in [-0.39, 0.29) is 16.3 Å². The van der Waals surface area contributed by atoms with Crippen LogP contribution in [0.3, 0.4) is 0 Å². The average molecular weight is 493 g/mol. The maximum Gasteiger partial charge on any atom is 0.345 e. The number of carbonyl (C=O) groups excluding carboxylic acids is 2. The predicted octanol–water partition coefficient (Wildman–Crippen LogP) is 6.14. The smallest absolute Gasteiger partial charge is 0.345 e. The van der Waals surface area contributed by atoms with Crippen molar-refractivity contribution in [3.63, 3.8) is 0 Å². The third-order valence-electron chi connectivity index (χ3n) is 5.00. The third kappa shape index (κ3) is 5.20. The molecule has 0 fully saturated rings. The molecule has 0 heterocycles. The van der Waals surface area contributed by atoms with E-state index < -0.39 is 11.9 Å². The number of hydrogen-bond donors (Lipinski definition) is 1. The highest BCUT2D eigenvalue weighted by Crippen LogP contribution is 2.29. The Balaban J connectivity index is 1.61. The summed E-state index contributed by atoms with van der Waals surface area (Å²) in [4.78, 5) is 25.2. The highest BCUT2D eigenvalue weighted by molar-refractivity contribution is 6.36. The van der Waals surface area contributed by atoms with Gasteiger partial charge < -0.3 is 9.47 Å². The normalized spacial score (nSPS) is 10.9. The summed E-state index contributed by atoms with van der Waals surface area (Å²) >= 11 is 12.1. The molecule has 0 aromatic heterocycles. The van der Waals surface area contributed by atoms with Crippen molar-refractivity contribution in [1.82, 2.24) is 5.43 Å². The van der Waals surface area contributed by atoms with Crippen LogP contribution in [-0.4, -0.2) is 25.2 Å². The van der Waals surface area contributed by atoms with Gasteiger partial charge in [0.05, 0.1) is 23.9 Å². The van der Waals surface area contributed by atoms with E-state index in [2.05, 4.69) is 10.5 Å². The summed E-state index contributed by atoms with van der Waals surface area (Å²) in [6, 6.07) is 22.2. The van der Waals surface area contributed by atoms with Gasteiger partial charge in [-0.2, -0.15) is 5.10 Å². The molecule has 0 saturated heterocycles. The van der Waals surface area contributed by atoms with Gasteiger partial charge in [0, 0.05) is 16.1 Å². The van der Waals surface area contributed by atoms with Crippen molar-refractivity contribution in [2.45, 2.75) is 0 Å². The molecule has 8 heteroatoms. The summed E-state index contributed by atoms with van der Waals surface area (Å²) in [5.74, 6) is -0.139. The Morgan fingerprint density at radius 2 is 1.71 bits per heavy atom. The molecule has 4 aromatic carbocycles. The molecule has 0 atom stereocenters. The van der Waals surface area contributed by atoms with Gasteiger partial charge in [0.1, 0.15) is 11.5 Å². The number of carbonyl (C=O) groups is 2. The van der Waals surface area contributed by atoms with Gasteiger partial charge in [-0.25, -0.2) is 10.2 Å². The van der Waals surface area contributed by atoms with Gasteiger partial charge in [0.25, 0.3) is 5.91 Å². The van der Waals surface area contributed by atoms with Crippen LogP contribution in [0.25, 0.3) is 10.8 Å². The molecule has 1 N–H and O–H groups in total. The molecule has 0 spiro atoms. The molecule has 0 bridgehead atoms. The van der Waals surface area contributed by atoms with E-state index in [4.69, 9.17) is 32.7 Å². The minimum Gasteiger partial charge on any atom is -0.497 e. The fraction of sp³-hybridized carbons (Fsp3) is 0.0385. The molecular formula is C26H18Cl2N2O4. The Morgan fingerprint density at radius 1 is 0.941 bits per heavy atom. The number of benzene rings is 4. The summed E-state index contributed by atoms with van der Waals surface area (Å²) in [6.07, 6.45) is 1.44. The Kier molecular flexibility index (Phi) is 7.11. The van der Waals surface area contributed by atoms with E-state index in [9.17, 15) is 9.59 Å². The Hall–Kier alpha value is -3.87. The van der Waals surface area contributed by atoms with Gasteiger partial charge >= 0.3 is 5.97 Å². The lowest BCUT2D eigenvalue weighted by molar-refractivity contribution is 0.0734. The molecule has 0 saturated carbocycles. The first-order chi connectivity index (χ1) is 16.5. The molecular weight excluding hydrogens is 475 g/mol. The van der Waals surface area contributed by atoms with Crippen molar-refractivity contribution in [2.24, 2.45) is 5.10 Å². The number of halogens is 2. The number of amides is 1. The maximum atomic E-state index is 12.8. The van der Waals surface area contributed by atoms with Crippen LogP contribution in [0.4, 0.5) is 0 Å². The van der Waals surface area contributed by atoms with Crippen LogP contribution in [0.1, 0.15) is 26.3 Å². The zero-order valence-electron chi connectivity index (χ0n) is 17.9. The number of nitrogens with zero attached hydrogens (tertiary/aromatic N) is 1. The fourth-order valence-corrected chi connectivity index (χ4v) is 3.76. The number of rotatable bonds is 6. The first kappa shape index (κ1) is 23.3. The van der Waals surface area contributed by atoms with Crippen LogP contribution in [0.5, 0.6) is 11.5 Å². The summed E-state index contributed by atoms with van der Waals surface area (Å²) in [6.45, 7) is 0. The Labute approximate surface area is 205 Å². The van der Waals surface area contributed by atoms with E-state index in [1.807, 2.05) is 30.3 Å². The van der Waals surface area contributed by atoms with E-state index in [1.165, 1.54) is 18.3 Å². The second-order valence-electron chi connectivity index (χ2n) is 7.14. The SMILES string of the molecule is COc1ccc(C(=O)N/N=C/c2c(OC(=O)c3ccc(Cl)cc3Cl)ccc3ccccc23)cc1. The topological polar surface area (TPSA) is 77.0 Å². The molecule has 1 amide bonds. The predicted molar refractivity (Wildman–Crippen MR) is 133 cm³/mol. The van der Waals surface area contributed by atoms with Gasteiger partial charge in [-0.15, -0.1) is 0 Å². The molecule has 4 aromatic rings. The van der Waals surface area contributed by atoms with E-state index >= 15 is 0 Å². The van der Waals surface area contributed by atoms with Crippen LogP contribution < -0.4 is 14.9 Å². The zero-order valence-corrected chi connectivity index (χ0v) is 19.4. The largest absolute Gasteiger partial charge is 0.497 e. The van der Waals surface area contributed by atoms with Crippen molar-refractivity contribution < 1.29 is 19.1 Å². The molecule has 0 aliphatic carbocycles. The molecule has 0 radical (unpaired) electrons. The number of hydrogen-bond acceptors (Lipinski definition) is 5. The number of fused-ring (bicyclic) bond motifs is 1. The van der Waals surface area contributed by atoms with Crippen LogP contribution in [-0.2, 0) is 0 Å². The standard InChI is InChI=1S/C26H18Cl2N2O4/c1-33-19-10-6-17(7-11-19)25(31)30-29-15-22-20-5-3-2-4-16(20)8-13-24(22)34-26(32)21-12-9-18(27)14-23(21)28/h2-15H,1H3,(H,30,31)/b29-15+. The third-order valence-corrected chi connectivity index (χ3v) is 5.54. The average Bonchev–Trinajstić information content (AvgIpc) is 2.85. The summed E-state index contributed by atoms with van der Waals surface area (Å²) in [7, 11) is 1.55. The van der Waals surface area contributed by atoms with Gasteiger partial charge in [-0.1, -0.05) is 53.5 Å². The fourth-order valence-electron chi connectivity index (χ4n) is 3.27. The maximum absolute atomic E-state index is 12.8. The quantitative estimate of drug-likeness (QED) is 0.152. The molecule has 0 aliphatic rings. The van der Waals surface area contributed by atoms with Crippen molar-refractivity contribution in [3.05, 3.63) is 106 Å². The molecule has 0 aliphatic heterocycles. The first-order valence-electron chi connectivity index (χ1n) is 10.1. The van der Waals surface area contributed by atoms with Crippen molar-refractivity contribution in [2.75, 3.05) is 7.11 Å². The lowest BCUT2D eigenvalue weighted by Gasteiger charge is -2.11. The summed E-state index contributed by atoms with van der Waals surface area (Å²) < 4.78 is 10.7. The van der Waals surface area contributed by atoms with Crippen molar-refractivity contribution >= 4 is 52.1 Å². The van der Waals surface area contributed by atoms with E-state index in [0.717, 1.165) is 10.8 Å².